The van der Waals surface area contributed by atoms with Crippen molar-refractivity contribution in [1.82, 2.24) is 30.1 Å². The molecule has 0 aromatic carbocycles. The summed E-state index contributed by atoms with van der Waals surface area (Å²) in [5.41, 5.74) is 0. The van der Waals surface area contributed by atoms with Gasteiger partial charge in [-0.25, -0.2) is 0 Å². The van der Waals surface area contributed by atoms with Gasteiger partial charge in [0.05, 0.1) is 19.7 Å². The molecule has 3 rings (SSSR count). The number of hydrogen-bond donors (Lipinski definition) is 0. The standard InChI is InChI=1S/C14H22N6O2S/c1-4-21-14-17-16-13(23-14)9-20-6-5-11(7-20)19(3)8-12-15-10(2)22-18-12/h11H,4-9H2,1-3H3/t11-/m1/s1. The number of likely N-dealkylation sites (N-methyl/N-ethyl adjacent to an activating group) is 1. The van der Waals surface area contributed by atoms with Gasteiger partial charge in [-0.2, -0.15) is 4.98 Å². The van der Waals surface area contributed by atoms with Crippen LogP contribution in [0.4, 0.5) is 0 Å². The van der Waals surface area contributed by atoms with Crippen LogP contribution in [-0.2, 0) is 13.1 Å². The molecule has 0 saturated carbocycles. The largest absolute Gasteiger partial charge is 0.469 e. The number of rotatable bonds is 7. The van der Waals surface area contributed by atoms with Crippen LogP contribution < -0.4 is 4.74 Å². The van der Waals surface area contributed by atoms with E-state index in [0.29, 0.717) is 30.3 Å². The molecule has 9 heteroatoms. The molecule has 3 heterocycles. The zero-order chi connectivity index (χ0) is 16.2. The zero-order valence-electron chi connectivity index (χ0n) is 13.7. The van der Waals surface area contributed by atoms with Gasteiger partial charge in [-0.1, -0.05) is 16.5 Å². The van der Waals surface area contributed by atoms with E-state index in [1.807, 2.05) is 13.8 Å². The van der Waals surface area contributed by atoms with E-state index in [0.717, 1.165) is 36.9 Å². The molecule has 2 aromatic heterocycles. The summed E-state index contributed by atoms with van der Waals surface area (Å²) in [6.45, 7) is 8.00. The molecule has 0 aliphatic carbocycles. The number of ether oxygens (including phenoxy) is 1. The fourth-order valence-corrected chi connectivity index (χ4v) is 3.54. The van der Waals surface area contributed by atoms with Gasteiger partial charge in [0.15, 0.2) is 5.82 Å². The first kappa shape index (κ1) is 16.3. The highest BCUT2D eigenvalue weighted by atomic mass is 32.1. The van der Waals surface area contributed by atoms with E-state index in [1.165, 1.54) is 11.3 Å². The number of aryl methyl sites for hydroxylation is 1. The molecule has 23 heavy (non-hydrogen) atoms. The Morgan fingerprint density at radius 3 is 3.04 bits per heavy atom. The van der Waals surface area contributed by atoms with E-state index in [1.54, 1.807) is 0 Å². The second kappa shape index (κ2) is 7.33. The minimum absolute atomic E-state index is 0.494. The Kier molecular flexibility index (Phi) is 5.19. The predicted molar refractivity (Wildman–Crippen MR) is 85.3 cm³/mol. The Labute approximate surface area is 139 Å². The minimum atomic E-state index is 0.494. The molecular formula is C14H22N6O2S. The Morgan fingerprint density at radius 1 is 1.43 bits per heavy atom. The predicted octanol–water partition coefficient (Wildman–Crippen LogP) is 1.33. The van der Waals surface area contributed by atoms with Crippen LogP contribution in [0.5, 0.6) is 5.19 Å². The molecule has 8 nitrogen and oxygen atoms in total. The van der Waals surface area contributed by atoms with Gasteiger partial charge in [0.25, 0.3) is 5.19 Å². The monoisotopic (exact) mass is 338 g/mol. The minimum Gasteiger partial charge on any atom is -0.469 e. The molecule has 1 aliphatic heterocycles. The first-order chi connectivity index (χ1) is 11.1. The fraction of sp³-hybridized carbons (Fsp3) is 0.714. The Morgan fingerprint density at radius 2 is 2.30 bits per heavy atom. The quantitative estimate of drug-likeness (QED) is 0.748. The van der Waals surface area contributed by atoms with Crippen molar-refractivity contribution in [3.63, 3.8) is 0 Å². The average molecular weight is 338 g/mol. The summed E-state index contributed by atoms with van der Waals surface area (Å²) in [6.07, 6.45) is 1.13. The highest BCUT2D eigenvalue weighted by Gasteiger charge is 2.27. The van der Waals surface area contributed by atoms with Crippen LogP contribution in [0.25, 0.3) is 0 Å². The van der Waals surface area contributed by atoms with Crippen molar-refractivity contribution in [2.24, 2.45) is 0 Å². The molecule has 2 aromatic rings. The molecule has 0 unspecified atom stereocenters. The topological polar surface area (TPSA) is 80.4 Å². The van der Waals surface area contributed by atoms with Crippen LogP contribution in [0.1, 0.15) is 30.1 Å². The van der Waals surface area contributed by atoms with Crippen molar-refractivity contribution in [2.75, 3.05) is 26.7 Å². The first-order valence-corrected chi connectivity index (χ1v) is 8.62. The average Bonchev–Trinajstić information content (AvgIpc) is 3.23. The summed E-state index contributed by atoms with van der Waals surface area (Å²) >= 11 is 1.53. The molecule has 1 atom stereocenters. The lowest BCUT2D eigenvalue weighted by molar-refractivity contribution is 0.215. The van der Waals surface area contributed by atoms with E-state index in [2.05, 4.69) is 37.2 Å². The van der Waals surface area contributed by atoms with E-state index in [4.69, 9.17) is 9.26 Å². The van der Waals surface area contributed by atoms with Crippen molar-refractivity contribution < 1.29 is 9.26 Å². The normalized spacial score (nSPS) is 18.9. The third-order valence-corrected chi connectivity index (χ3v) is 4.73. The molecule has 0 amide bonds. The third kappa shape index (κ3) is 4.24. The van der Waals surface area contributed by atoms with E-state index >= 15 is 0 Å². The van der Waals surface area contributed by atoms with Gasteiger partial charge < -0.3 is 9.26 Å². The molecule has 1 aliphatic rings. The number of nitrogens with zero attached hydrogens (tertiary/aromatic N) is 6. The molecule has 0 spiro atoms. The summed E-state index contributed by atoms with van der Waals surface area (Å²) in [6, 6.07) is 0.494. The van der Waals surface area contributed by atoms with E-state index < -0.39 is 0 Å². The van der Waals surface area contributed by atoms with Gasteiger partial charge in [-0.3, -0.25) is 9.80 Å². The van der Waals surface area contributed by atoms with Crippen molar-refractivity contribution >= 4 is 11.3 Å². The van der Waals surface area contributed by atoms with Crippen LogP contribution >= 0.6 is 11.3 Å². The van der Waals surface area contributed by atoms with Gasteiger partial charge in [0.2, 0.25) is 5.89 Å². The van der Waals surface area contributed by atoms with Crippen LogP contribution in [0.15, 0.2) is 4.52 Å². The molecule has 1 fully saturated rings. The van der Waals surface area contributed by atoms with Crippen molar-refractivity contribution in [3.8, 4) is 5.19 Å². The molecular weight excluding hydrogens is 316 g/mol. The first-order valence-electron chi connectivity index (χ1n) is 7.81. The smallest absolute Gasteiger partial charge is 0.294 e. The number of hydrogen-bond acceptors (Lipinski definition) is 9. The van der Waals surface area contributed by atoms with Gasteiger partial charge in [-0.05, 0) is 20.4 Å². The summed E-state index contributed by atoms with van der Waals surface area (Å²) in [7, 11) is 2.11. The van der Waals surface area contributed by atoms with Gasteiger partial charge in [-0.15, -0.1) is 10.2 Å². The molecule has 0 radical (unpaired) electrons. The van der Waals surface area contributed by atoms with Crippen molar-refractivity contribution in [3.05, 3.63) is 16.7 Å². The van der Waals surface area contributed by atoms with E-state index in [-0.39, 0.29) is 0 Å². The Balaban J connectivity index is 1.49. The second-order valence-electron chi connectivity index (χ2n) is 5.72. The molecule has 1 saturated heterocycles. The van der Waals surface area contributed by atoms with Crippen LogP contribution in [0.3, 0.4) is 0 Å². The maximum absolute atomic E-state index is 5.37. The lowest BCUT2D eigenvalue weighted by Crippen LogP contribution is -2.34. The summed E-state index contributed by atoms with van der Waals surface area (Å²) in [5.74, 6) is 1.36. The maximum Gasteiger partial charge on any atom is 0.294 e. The number of likely N-dealkylation sites (tertiary alicyclic amines) is 1. The molecule has 0 bridgehead atoms. The second-order valence-corrected chi connectivity index (χ2v) is 6.74. The summed E-state index contributed by atoms with van der Waals surface area (Å²) < 4.78 is 10.4. The van der Waals surface area contributed by atoms with Gasteiger partial charge >= 0.3 is 0 Å². The van der Waals surface area contributed by atoms with Gasteiger partial charge in [0.1, 0.15) is 5.01 Å². The van der Waals surface area contributed by atoms with Crippen LogP contribution in [0, 0.1) is 6.92 Å². The zero-order valence-corrected chi connectivity index (χ0v) is 14.5. The molecule has 0 N–H and O–H groups in total. The summed E-state index contributed by atoms with van der Waals surface area (Å²) in [5, 5.41) is 13.9. The SMILES string of the molecule is CCOc1nnc(CN2CC[C@@H](N(C)Cc3noc(C)n3)C2)s1. The van der Waals surface area contributed by atoms with Crippen molar-refractivity contribution in [1.29, 1.82) is 0 Å². The lowest BCUT2D eigenvalue weighted by Gasteiger charge is -2.23. The molecule has 126 valence electrons. The van der Waals surface area contributed by atoms with Crippen LogP contribution in [-0.4, -0.2) is 62.9 Å². The fourth-order valence-electron chi connectivity index (χ4n) is 2.75. The highest BCUT2D eigenvalue weighted by Crippen LogP contribution is 2.22. The third-order valence-electron chi connectivity index (χ3n) is 3.91. The Bertz CT molecular complexity index is 630. The number of aromatic nitrogens is 4. The lowest BCUT2D eigenvalue weighted by atomic mass is 10.2. The van der Waals surface area contributed by atoms with Crippen LogP contribution in [0.2, 0.25) is 0 Å². The highest BCUT2D eigenvalue weighted by molar-refractivity contribution is 7.13. The summed E-state index contributed by atoms with van der Waals surface area (Å²) in [4.78, 5) is 8.95. The van der Waals surface area contributed by atoms with Gasteiger partial charge in [0, 0.05) is 26.1 Å². The Hall–Kier alpha value is -1.58. The van der Waals surface area contributed by atoms with Crippen molar-refractivity contribution in [2.45, 2.75) is 39.4 Å². The maximum atomic E-state index is 5.37. The van der Waals surface area contributed by atoms with E-state index in [9.17, 15) is 0 Å².